The molecule has 9 rings (SSSR count). The first-order valence-electron chi connectivity index (χ1n) is 32.3. The van der Waals surface area contributed by atoms with Crippen LogP contribution in [0, 0.1) is 9.49 Å². The zero-order valence-corrected chi connectivity index (χ0v) is 58.9. The summed E-state index contributed by atoms with van der Waals surface area (Å²) in [5, 5.41) is 76.4. The van der Waals surface area contributed by atoms with Gasteiger partial charge >= 0.3 is 18.0 Å². The molecule has 1 aromatic heterocycles. The van der Waals surface area contributed by atoms with Gasteiger partial charge in [-0.3, -0.25) is 47.9 Å². The summed E-state index contributed by atoms with van der Waals surface area (Å²) in [7, 11) is 2.29. The number of carbonyl (C=O) groups excluding carboxylic acids is 9. The molecule has 1 aliphatic carbocycles. The summed E-state index contributed by atoms with van der Waals surface area (Å²) in [5.74, 6) is -9.94. The minimum Gasteiger partial charge on any atom is -0.508 e. The number of fused-ring (bicyclic) bond motifs is 3. The Balaban J connectivity index is 0.929. The van der Waals surface area contributed by atoms with Gasteiger partial charge in [0.1, 0.15) is 71.0 Å². The van der Waals surface area contributed by atoms with Gasteiger partial charge in [-0.05, 0) is 107 Å². The van der Waals surface area contributed by atoms with Crippen molar-refractivity contribution >= 4 is 126 Å². The number of phenols is 2. The molecule has 10 amide bonds. The Labute approximate surface area is 604 Å². The Bertz CT molecular complexity index is 4320. The maximum absolute atomic E-state index is 15.2. The zero-order valence-electron chi connectivity index (χ0n) is 55.2. The third-order valence-corrected chi connectivity index (χ3v) is 20.0. The highest BCUT2D eigenvalue weighted by Gasteiger charge is 2.44. The number of aliphatic hydroxyl groups excluding tert-OH is 1. The first-order chi connectivity index (χ1) is 48.7. The van der Waals surface area contributed by atoms with Crippen LogP contribution in [0.3, 0.4) is 0 Å². The van der Waals surface area contributed by atoms with Gasteiger partial charge in [0.15, 0.2) is 5.43 Å². The van der Waals surface area contributed by atoms with Crippen molar-refractivity contribution in [2.75, 3.05) is 29.9 Å². The molecule has 538 valence electrons. The number of carbonyl (C=O) groups is 11. The largest absolute Gasteiger partial charge is 0.508 e. The van der Waals surface area contributed by atoms with Crippen LogP contribution in [0.2, 0.25) is 0 Å². The number of aromatic amines is 1. The van der Waals surface area contributed by atoms with Gasteiger partial charge in [0, 0.05) is 109 Å². The van der Waals surface area contributed by atoms with Crippen molar-refractivity contribution in [1.29, 1.82) is 0 Å². The number of rotatable bonds is 21. The van der Waals surface area contributed by atoms with E-state index in [-0.39, 0.29) is 107 Å². The minimum absolute atomic E-state index is 0.0484. The van der Waals surface area contributed by atoms with Crippen LogP contribution in [0.25, 0.3) is 33.4 Å². The van der Waals surface area contributed by atoms with Crippen LogP contribution >= 0.6 is 44.2 Å². The van der Waals surface area contributed by atoms with Crippen molar-refractivity contribution < 1.29 is 82.7 Å². The lowest BCUT2D eigenvalue weighted by Gasteiger charge is -2.31. The number of aromatic nitrogens is 2. The molecule has 3 aliphatic heterocycles. The monoisotopic (exact) mass is 1550 g/mol. The summed E-state index contributed by atoms with van der Waals surface area (Å²) in [6, 6.07) is 13.4. The van der Waals surface area contributed by atoms with Crippen molar-refractivity contribution in [3.63, 3.8) is 0 Å². The third-order valence-electron chi connectivity index (χ3n) is 16.6. The number of hydrogen-bond acceptors (Lipinski definition) is 19. The average Bonchev–Trinajstić information content (AvgIpc) is 0.875. The van der Waals surface area contributed by atoms with E-state index in [0.29, 0.717) is 31.2 Å². The number of aliphatic hydroxyl groups is 1. The summed E-state index contributed by atoms with van der Waals surface area (Å²) < 4.78 is 6.29. The van der Waals surface area contributed by atoms with Gasteiger partial charge in [-0.1, -0.05) is 77.9 Å². The molecule has 2 saturated heterocycles. The van der Waals surface area contributed by atoms with E-state index in [2.05, 4.69) is 57.8 Å². The van der Waals surface area contributed by atoms with Gasteiger partial charge in [-0.15, -0.1) is 0 Å². The molecule has 4 aromatic carbocycles. The number of aliphatic carboxylic acids is 1. The summed E-state index contributed by atoms with van der Waals surface area (Å²) in [6.07, 6.45) is -0.741. The number of imidazole rings is 1. The van der Waals surface area contributed by atoms with E-state index >= 15 is 4.79 Å². The van der Waals surface area contributed by atoms with Crippen LogP contribution in [0.15, 0.2) is 125 Å². The summed E-state index contributed by atoms with van der Waals surface area (Å²) in [5.41, 5.74) is 1.57. The number of phenolic OH excluding ortho intramolecular Hbond substituents is 2. The van der Waals surface area contributed by atoms with Crippen LogP contribution in [0.4, 0.5) is 10.5 Å². The molecule has 33 heteroatoms. The summed E-state index contributed by atoms with van der Waals surface area (Å²) >= 11 is 1.85. The number of carboxylic acid groups (broad SMARTS) is 2. The second-order valence-corrected chi connectivity index (χ2v) is 28.7. The van der Waals surface area contributed by atoms with Crippen LogP contribution in [0.1, 0.15) is 73.8 Å². The van der Waals surface area contributed by atoms with E-state index in [9.17, 15) is 78.3 Å². The normalized spacial score (nSPS) is 20.0. The lowest BCUT2D eigenvalue weighted by molar-refractivity contribution is -0.142. The lowest BCUT2D eigenvalue weighted by Crippen LogP contribution is -2.61. The topological polar surface area (TPSA) is 459 Å². The number of carboxylic acids is 2. The number of nitrogens with one attached hydrogen (secondary N) is 10. The highest BCUT2D eigenvalue weighted by atomic mass is 127. The average molecular weight is 1550 g/mol. The number of anilines is 1. The predicted molar refractivity (Wildman–Crippen MR) is 384 cm³/mol. The number of aromatic carboxylic acids is 1. The minimum atomic E-state index is -1.77. The van der Waals surface area contributed by atoms with Gasteiger partial charge in [0.05, 0.1) is 21.7 Å². The fourth-order valence-corrected chi connectivity index (χ4v) is 14.7. The Kier molecular flexibility index (Phi) is 26.0. The highest BCUT2D eigenvalue weighted by Crippen LogP contribution is 2.42. The molecule has 9 atom stereocenters. The van der Waals surface area contributed by atoms with Gasteiger partial charge < -0.3 is 87.7 Å². The Morgan fingerprint density at radius 1 is 0.745 bits per heavy atom. The fraction of sp³-hybridized carbons (Fsp3) is 0.348. The van der Waals surface area contributed by atoms with Crippen molar-refractivity contribution in [2.24, 2.45) is 5.92 Å². The molecule has 2 fully saturated rings. The number of hydrogen-bond donors (Lipinski definition) is 15. The van der Waals surface area contributed by atoms with Crippen molar-refractivity contribution in [1.82, 2.24) is 57.4 Å². The summed E-state index contributed by atoms with van der Waals surface area (Å²) in [4.78, 5) is 175. The fourth-order valence-electron chi connectivity index (χ4n) is 11.7. The number of urea groups is 1. The molecule has 4 aliphatic rings. The predicted octanol–water partition coefficient (Wildman–Crippen LogP) is 3.53. The maximum Gasteiger partial charge on any atom is 0.336 e. The number of amides is 10. The van der Waals surface area contributed by atoms with Crippen LogP contribution in [0.5, 0.6) is 11.5 Å². The van der Waals surface area contributed by atoms with Crippen LogP contribution < -0.4 is 53.3 Å². The molecular weight excluding hydrogens is 1480 g/mol. The quantitative estimate of drug-likeness (QED) is 0.0278. The van der Waals surface area contributed by atoms with Gasteiger partial charge in [-0.2, -0.15) is 0 Å². The molecule has 4 heterocycles. The zero-order chi connectivity index (χ0) is 73.5. The van der Waals surface area contributed by atoms with Crippen molar-refractivity contribution in [2.45, 2.75) is 120 Å². The molecule has 15 N–H and O–H groups in total. The molecule has 0 bridgehead atoms. The van der Waals surface area contributed by atoms with Gasteiger partial charge in [-0.25, -0.2) is 14.6 Å². The lowest BCUT2D eigenvalue weighted by atomic mass is 9.90. The van der Waals surface area contributed by atoms with Crippen LogP contribution in [-0.4, -0.2) is 185 Å². The molecule has 30 nitrogen and oxygen atoms in total. The molecule has 0 spiro atoms. The second-order valence-electron chi connectivity index (χ2n) is 25.0. The second kappa shape index (κ2) is 34.9. The van der Waals surface area contributed by atoms with Gasteiger partial charge in [0.2, 0.25) is 47.3 Å². The number of halogens is 1. The van der Waals surface area contributed by atoms with E-state index < -0.39 is 139 Å². The number of nitrogens with zero attached hydrogens (tertiary/aromatic N) is 2. The van der Waals surface area contributed by atoms with E-state index in [1.54, 1.807) is 57.2 Å². The Morgan fingerprint density at radius 2 is 1.45 bits per heavy atom. The molecule has 2 unspecified atom stereocenters. The number of aromatic hydroxyl groups is 2. The molecule has 5 aromatic rings. The Hall–Kier alpha value is -10.3. The first kappa shape index (κ1) is 75.9. The molecular formula is C69H75IN12O18S2. The van der Waals surface area contributed by atoms with E-state index in [1.807, 2.05) is 22.6 Å². The maximum atomic E-state index is 15.2. The smallest absolute Gasteiger partial charge is 0.336 e. The van der Waals surface area contributed by atoms with Gasteiger partial charge in [0.25, 0.3) is 0 Å². The number of benzene rings is 5. The molecule has 102 heavy (non-hydrogen) atoms. The highest BCUT2D eigenvalue weighted by molar-refractivity contribution is 14.1. The molecule has 0 radical (unpaired) electrons. The third kappa shape index (κ3) is 20.5. The van der Waals surface area contributed by atoms with Crippen molar-refractivity contribution in [3.8, 4) is 33.9 Å². The Morgan fingerprint density at radius 3 is 2.17 bits per heavy atom. The van der Waals surface area contributed by atoms with E-state index in [0.717, 1.165) is 15.7 Å². The standard InChI is InChI=1S/C69H75IN12O18S2/c1-34(2)21-47-61(90)74-35(3)32-101-102-33-52(67(96)82-31-41(85)26-53(82)66(95)80-49(24-37-9-16-54(86)46(70)22-37)63(92)79-51(30-59(88)89)65(94)77-47)81-64(93)50(29-57-71-19-20-72-57)78-62(91)48(23-36-7-5-4-6-8-36)76-58(87)17-18-73-69(99)75-38-10-13-42(45(25-38)68(97)98)60-43-14-11-39(83)27-55(43)100-56-28-40(84)12-15-44(56)60/h4-16,19-20,22,25,27-28,34-35,41,47-53,83,85-86H,17-18,21,23-24,26,29-33H2,1-3H3,(H,71,72)(H,74,90)(H,76,87)(H,77,94)(H,78,91)(H,79,92)(H,80,95)(H,81,93)(H,88,89)(H,97,98)(H2,73,75,99)/t35?,41?,47-,48-,49-,50-,51-,52-,53-/m0/s1. The van der Waals surface area contributed by atoms with Crippen LogP contribution in [-0.2, 0) is 62.4 Å². The SMILES string of the molecule is CC(C)C[C@@H]1NC(=O)[C@H](CC(=O)O)NC(=O)[C@H](Cc2ccc(O)c(I)c2)NC(=O)[C@@H]2CC(O)CN2C(=O)[C@@H](NC(=O)[C@H](Cc2ncc[nH]2)NC(=O)[C@H](Cc2ccccc2)NC(=O)CCNC(=O)Nc2ccc(-c3c4ccc(=O)cc-4oc4cc(O)ccc34)c(C(=O)O)c2)CSSCC(C)NC1=O. The summed E-state index contributed by atoms with van der Waals surface area (Å²) in [6.45, 7) is 4.54. The van der Waals surface area contributed by atoms with Crippen molar-refractivity contribution in [3.05, 3.63) is 152 Å². The number of H-pyrrole nitrogens is 1. The molecule has 0 saturated carbocycles. The van der Waals surface area contributed by atoms with E-state index in [1.165, 1.54) is 89.9 Å². The van der Waals surface area contributed by atoms with E-state index in [4.69, 9.17) is 4.42 Å². The first-order valence-corrected chi connectivity index (χ1v) is 35.9.